The Bertz CT molecular complexity index is 1670. The largest absolute Gasteiger partial charge is 0.493 e. The molecule has 4 rings (SSSR count). The highest BCUT2D eigenvalue weighted by Crippen LogP contribution is 2.42. The quantitative estimate of drug-likeness (QED) is 0.0380. The van der Waals surface area contributed by atoms with E-state index in [1.165, 1.54) is 30.4 Å². The molecule has 0 aliphatic carbocycles. The van der Waals surface area contributed by atoms with E-state index in [2.05, 4.69) is 96.7 Å². The van der Waals surface area contributed by atoms with Crippen LogP contribution in [0, 0.1) is 16.7 Å². The van der Waals surface area contributed by atoms with Gasteiger partial charge in [0.2, 0.25) is 0 Å². The second-order valence-electron chi connectivity index (χ2n) is 16.8. The van der Waals surface area contributed by atoms with E-state index in [9.17, 15) is 15.0 Å². The lowest BCUT2D eigenvalue weighted by Crippen LogP contribution is -2.42. The van der Waals surface area contributed by atoms with Crippen molar-refractivity contribution in [2.75, 3.05) is 39.6 Å². The molecule has 3 aromatic carbocycles. The van der Waals surface area contributed by atoms with Gasteiger partial charge >= 0.3 is 5.97 Å². The maximum absolute atomic E-state index is 12.0. The third-order valence-corrected chi connectivity index (χ3v) is 11.2. The number of aliphatic hydroxyl groups is 2. The van der Waals surface area contributed by atoms with Crippen LogP contribution in [0.4, 0.5) is 0 Å². The number of carbonyl (C=O) groups is 1. The number of hydrogen-bond acceptors (Lipinski definition) is 8. The fourth-order valence-corrected chi connectivity index (χ4v) is 6.96. The zero-order chi connectivity index (χ0) is 40.7. The van der Waals surface area contributed by atoms with Gasteiger partial charge in [0.05, 0.1) is 26.4 Å². The third kappa shape index (κ3) is 13.2. The molecule has 56 heavy (non-hydrogen) atoms. The fraction of sp³-hybridized carbons (Fsp3) is 0.562. The lowest BCUT2D eigenvalue weighted by atomic mass is 9.65. The van der Waals surface area contributed by atoms with Gasteiger partial charge < -0.3 is 33.9 Å². The Hall–Kier alpha value is -3.69. The SMILES string of the molecule is C=C(C)C(=O)OCCOc1cc(CCc2ccc(CCCCC)cc2)ccc1-c1ccc(OCCCC(CO)(CO)C(C)(C)C)c(CCOC2OC2C(C)C)c1. The zero-order valence-corrected chi connectivity index (χ0v) is 35.2. The van der Waals surface area contributed by atoms with E-state index < -0.39 is 11.4 Å². The van der Waals surface area contributed by atoms with E-state index in [0.717, 1.165) is 47.3 Å². The summed E-state index contributed by atoms with van der Waals surface area (Å²) in [5.74, 6) is 1.45. The summed E-state index contributed by atoms with van der Waals surface area (Å²) in [7, 11) is 0. The number of aryl methyl sites for hydroxylation is 3. The summed E-state index contributed by atoms with van der Waals surface area (Å²) < 4.78 is 29.9. The van der Waals surface area contributed by atoms with Crippen molar-refractivity contribution in [3.05, 3.63) is 95.1 Å². The first kappa shape index (κ1) is 45.0. The van der Waals surface area contributed by atoms with Crippen LogP contribution in [-0.4, -0.2) is 68.2 Å². The molecule has 0 radical (unpaired) electrons. The first-order valence-corrected chi connectivity index (χ1v) is 20.7. The van der Waals surface area contributed by atoms with E-state index >= 15 is 0 Å². The summed E-state index contributed by atoms with van der Waals surface area (Å²) in [5.41, 5.74) is 6.24. The zero-order valence-electron chi connectivity index (χ0n) is 35.2. The lowest BCUT2D eigenvalue weighted by molar-refractivity contribution is -0.139. The minimum atomic E-state index is -0.599. The fourth-order valence-electron chi connectivity index (χ4n) is 6.96. The van der Waals surface area contributed by atoms with Crippen LogP contribution in [0.25, 0.3) is 11.1 Å². The van der Waals surface area contributed by atoms with E-state index in [1.807, 2.05) is 12.1 Å². The van der Waals surface area contributed by atoms with Crippen LogP contribution in [0.3, 0.4) is 0 Å². The van der Waals surface area contributed by atoms with Crippen molar-refractivity contribution in [2.24, 2.45) is 16.7 Å². The van der Waals surface area contributed by atoms with Crippen molar-refractivity contribution in [3.63, 3.8) is 0 Å². The minimum Gasteiger partial charge on any atom is -0.493 e. The highest BCUT2D eigenvalue weighted by molar-refractivity contribution is 5.86. The average molecular weight is 773 g/mol. The summed E-state index contributed by atoms with van der Waals surface area (Å²) >= 11 is 0. The maximum Gasteiger partial charge on any atom is 0.333 e. The molecule has 1 aliphatic heterocycles. The van der Waals surface area contributed by atoms with Gasteiger partial charge in [-0.3, -0.25) is 0 Å². The summed E-state index contributed by atoms with van der Waals surface area (Å²) in [6.45, 7) is 19.0. The van der Waals surface area contributed by atoms with Gasteiger partial charge in [-0.05, 0) is 109 Å². The lowest BCUT2D eigenvalue weighted by Gasteiger charge is -2.42. The maximum atomic E-state index is 12.0. The number of aliphatic hydroxyl groups excluding tert-OH is 2. The Morgan fingerprint density at radius 2 is 1.45 bits per heavy atom. The predicted molar refractivity (Wildman–Crippen MR) is 224 cm³/mol. The molecule has 8 nitrogen and oxygen atoms in total. The van der Waals surface area contributed by atoms with Crippen LogP contribution < -0.4 is 9.47 Å². The van der Waals surface area contributed by atoms with Gasteiger partial charge in [0, 0.05) is 16.6 Å². The molecule has 2 atom stereocenters. The number of esters is 1. The molecule has 1 aliphatic rings. The summed E-state index contributed by atoms with van der Waals surface area (Å²) in [5, 5.41) is 20.5. The normalized spacial score (nSPS) is 15.5. The molecule has 308 valence electrons. The van der Waals surface area contributed by atoms with Gasteiger partial charge in [-0.2, -0.15) is 0 Å². The van der Waals surface area contributed by atoms with E-state index in [0.29, 0.717) is 49.7 Å². The van der Waals surface area contributed by atoms with Crippen molar-refractivity contribution in [1.29, 1.82) is 0 Å². The molecule has 0 bridgehead atoms. The number of epoxide rings is 1. The third-order valence-electron chi connectivity index (χ3n) is 11.2. The number of hydrogen-bond donors (Lipinski definition) is 2. The van der Waals surface area contributed by atoms with Crippen molar-refractivity contribution < 1.29 is 38.7 Å². The molecule has 8 heteroatoms. The van der Waals surface area contributed by atoms with Crippen molar-refractivity contribution in [1.82, 2.24) is 0 Å². The van der Waals surface area contributed by atoms with Gasteiger partial charge in [-0.1, -0.05) is 103 Å². The van der Waals surface area contributed by atoms with E-state index in [1.54, 1.807) is 6.92 Å². The second-order valence-corrected chi connectivity index (χ2v) is 16.8. The Balaban J connectivity index is 1.54. The second kappa shape index (κ2) is 21.7. The van der Waals surface area contributed by atoms with Crippen molar-refractivity contribution in [2.45, 2.75) is 119 Å². The van der Waals surface area contributed by atoms with Crippen LogP contribution >= 0.6 is 0 Å². The molecule has 1 saturated heterocycles. The smallest absolute Gasteiger partial charge is 0.333 e. The first-order valence-electron chi connectivity index (χ1n) is 20.7. The van der Waals surface area contributed by atoms with Gasteiger partial charge in [0.25, 0.3) is 0 Å². The molecule has 0 spiro atoms. The number of ether oxygens (including phenoxy) is 5. The molecule has 1 heterocycles. The minimum absolute atomic E-state index is 0.0866. The molecule has 3 aromatic rings. The van der Waals surface area contributed by atoms with Crippen molar-refractivity contribution >= 4 is 5.97 Å². The topological polar surface area (TPSA) is 107 Å². The van der Waals surface area contributed by atoms with Crippen LogP contribution in [0.5, 0.6) is 11.5 Å². The van der Waals surface area contributed by atoms with Crippen LogP contribution in [0.15, 0.2) is 72.8 Å². The van der Waals surface area contributed by atoms with E-state index in [4.69, 9.17) is 23.7 Å². The van der Waals surface area contributed by atoms with Gasteiger partial charge in [-0.25, -0.2) is 4.79 Å². The highest BCUT2D eigenvalue weighted by Gasteiger charge is 2.42. The van der Waals surface area contributed by atoms with E-state index in [-0.39, 0.29) is 44.2 Å². The summed E-state index contributed by atoms with van der Waals surface area (Å²) in [6, 6.07) is 21.6. The predicted octanol–water partition coefficient (Wildman–Crippen LogP) is 9.49. The number of rotatable bonds is 25. The Labute approximate surface area is 336 Å². The van der Waals surface area contributed by atoms with Gasteiger partial charge in [0.1, 0.15) is 30.8 Å². The molecule has 2 N–H and O–H groups in total. The van der Waals surface area contributed by atoms with Crippen LogP contribution in [0.1, 0.15) is 103 Å². The molecule has 0 saturated carbocycles. The number of benzene rings is 3. The molecule has 2 unspecified atom stereocenters. The molecular formula is C48H68O8. The first-order chi connectivity index (χ1) is 26.8. The Morgan fingerprint density at radius 1 is 0.786 bits per heavy atom. The van der Waals surface area contributed by atoms with Crippen LogP contribution in [0.2, 0.25) is 0 Å². The molecule has 0 aromatic heterocycles. The van der Waals surface area contributed by atoms with Gasteiger partial charge in [0.15, 0.2) is 6.29 Å². The monoisotopic (exact) mass is 772 g/mol. The molecular weight excluding hydrogens is 705 g/mol. The standard InChI is InChI=1S/C48H68O8/c1-9-10-11-13-36-14-16-37(17-15-36)18-19-38-20-22-41(43(30-38)53-28-29-54-45(51)35(4)5)39-21-23-42(40(31-39)24-27-55-46-44(56-46)34(2)3)52-26-12-25-48(32-49,33-50)47(6,7)8/h14-17,20-23,30-31,34,44,46,49-50H,4,9-13,18-19,24-29,32-33H2,1-3,5-8H3. The van der Waals surface area contributed by atoms with Crippen molar-refractivity contribution in [3.8, 4) is 22.6 Å². The number of unbranched alkanes of at least 4 members (excludes halogenated alkanes) is 2. The average Bonchev–Trinajstić information content (AvgIpc) is 3.96. The van der Waals surface area contributed by atoms with Crippen LogP contribution in [-0.2, 0) is 44.7 Å². The number of carbonyl (C=O) groups excluding carboxylic acids is 1. The Kier molecular flexibility index (Phi) is 17.5. The van der Waals surface area contributed by atoms with Gasteiger partial charge in [-0.15, -0.1) is 0 Å². The highest BCUT2D eigenvalue weighted by atomic mass is 16.8. The summed E-state index contributed by atoms with van der Waals surface area (Å²) in [6.07, 6.45) is 8.49. The Morgan fingerprint density at radius 3 is 2.07 bits per heavy atom. The molecule has 1 fully saturated rings. The summed E-state index contributed by atoms with van der Waals surface area (Å²) in [4.78, 5) is 12.0. The molecule has 0 amide bonds.